The van der Waals surface area contributed by atoms with Gasteiger partial charge in [0.15, 0.2) is 23.1 Å². The zero-order valence-corrected chi connectivity index (χ0v) is 28.4. The smallest absolute Gasteiger partial charge is 0.211 e. The fourth-order valence-corrected chi connectivity index (χ4v) is 6.29. The maximum absolute atomic E-state index is 15.5. The lowest BCUT2D eigenvalue weighted by atomic mass is 9.84. The van der Waals surface area contributed by atoms with Crippen LogP contribution in [0, 0.1) is 11.2 Å². The highest BCUT2D eigenvalue weighted by molar-refractivity contribution is 8.93. The Bertz CT molecular complexity index is 1490. The molecule has 1 fully saturated rings. The Hall–Kier alpha value is -2.90. The molecule has 0 spiro atoms. The lowest BCUT2D eigenvalue weighted by Gasteiger charge is -2.37. The van der Waals surface area contributed by atoms with E-state index in [-0.39, 0.29) is 70.8 Å². The van der Waals surface area contributed by atoms with Crippen LogP contribution in [0.1, 0.15) is 61.7 Å². The minimum Gasteiger partial charge on any atom is -0.494 e. The van der Waals surface area contributed by atoms with Gasteiger partial charge in [-0.15, -0.1) is 17.0 Å². The standard InChI is InChI=1S/C30H41FN4O6S.BrH/c1-8-40-24-16-20-17-34(29(32)25(20)26(31)28(24)41-9-2)18-23(36)19-14-21(30(3,4)5)27(39-6)22(15-19)33-10-12-35(13-11-33)42(7,37)38;/h14-16,32H,8-13,17-18H2,1-7H3;1H. The number of ether oxygens (including phenoxy) is 3. The van der Waals surface area contributed by atoms with E-state index in [1.165, 1.54) is 10.6 Å². The summed E-state index contributed by atoms with van der Waals surface area (Å²) < 4.78 is 58.1. The maximum Gasteiger partial charge on any atom is 0.211 e. The van der Waals surface area contributed by atoms with Crippen LogP contribution in [0.15, 0.2) is 18.2 Å². The molecule has 10 nitrogen and oxygen atoms in total. The molecule has 2 aromatic rings. The number of anilines is 1. The topological polar surface area (TPSA) is 112 Å². The summed E-state index contributed by atoms with van der Waals surface area (Å²) >= 11 is 0. The average molecular weight is 686 g/mol. The molecule has 0 radical (unpaired) electrons. The number of sulfonamides is 1. The molecule has 0 amide bonds. The van der Waals surface area contributed by atoms with E-state index >= 15 is 4.39 Å². The van der Waals surface area contributed by atoms with Gasteiger partial charge < -0.3 is 24.0 Å². The molecule has 0 saturated carbocycles. The second-order valence-electron chi connectivity index (χ2n) is 11.5. The van der Waals surface area contributed by atoms with E-state index in [0.717, 1.165) is 11.3 Å². The number of Topliss-reactive ketones (excluding diaryl/α,β-unsaturated/α-hetero) is 1. The van der Waals surface area contributed by atoms with Crippen molar-refractivity contribution in [3.8, 4) is 17.2 Å². The summed E-state index contributed by atoms with van der Waals surface area (Å²) in [6.45, 7) is 11.8. The Morgan fingerprint density at radius 3 is 2.19 bits per heavy atom. The highest BCUT2D eigenvalue weighted by Gasteiger charge is 2.34. The number of piperazine rings is 1. The quantitative estimate of drug-likeness (QED) is 0.361. The molecule has 1 saturated heterocycles. The molecule has 2 aliphatic heterocycles. The van der Waals surface area contributed by atoms with E-state index in [0.29, 0.717) is 49.7 Å². The lowest BCUT2D eigenvalue weighted by molar-refractivity contribution is 0.0962. The first kappa shape index (κ1) is 34.6. The molecule has 0 unspecified atom stereocenters. The van der Waals surface area contributed by atoms with Crippen molar-refractivity contribution >= 4 is 44.3 Å². The van der Waals surface area contributed by atoms with E-state index in [4.69, 9.17) is 19.6 Å². The van der Waals surface area contributed by atoms with Crippen LogP contribution in [-0.4, -0.2) is 88.5 Å². The molecule has 43 heavy (non-hydrogen) atoms. The van der Waals surface area contributed by atoms with Gasteiger partial charge in [0.2, 0.25) is 10.0 Å². The number of nitrogens with zero attached hydrogens (tertiary/aromatic N) is 3. The molecule has 0 atom stereocenters. The van der Waals surface area contributed by atoms with E-state index in [2.05, 4.69) is 0 Å². The largest absolute Gasteiger partial charge is 0.494 e. The van der Waals surface area contributed by atoms with Gasteiger partial charge in [0.05, 0.1) is 44.4 Å². The van der Waals surface area contributed by atoms with Crippen molar-refractivity contribution in [1.82, 2.24) is 9.21 Å². The van der Waals surface area contributed by atoms with Crippen LogP contribution >= 0.6 is 17.0 Å². The predicted molar refractivity (Wildman–Crippen MR) is 171 cm³/mol. The molecule has 1 N–H and O–H groups in total. The molecule has 0 aliphatic carbocycles. The monoisotopic (exact) mass is 684 g/mol. The first-order valence-corrected chi connectivity index (χ1v) is 16.0. The van der Waals surface area contributed by atoms with Crippen molar-refractivity contribution in [3.05, 3.63) is 46.3 Å². The molecule has 2 heterocycles. The van der Waals surface area contributed by atoms with Crippen LogP contribution in [0.2, 0.25) is 0 Å². The van der Waals surface area contributed by atoms with Crippen molar-refractivity contribution < 1.29 is 31.8 Å². The third kappa shape index (κ3) is 7.09. The summed E-state index contributed by atoms with van der Waals surface area (Å²) in [6, 6.07) is 5.29. The fraction of sp³-hybridized carbons (Fsp3) is 0.533. The number of rotatable bonds is 10. The number of fused-ring (bicyclic) bond motifs is 1. The average Bonchev–Trinajstić information content (AvgIpc) is 3.23. The summed E-state index contributed by atoms with van der Waals surface area (Å²) in [4.78, 5) is 17.4. The van der Waals surface area contributed by atoms with Gasteiger partial charge >= 0.3 is 0 Å². The van der Waals surface area contributed by atoms with Gasteiger partial charge in [-0.2, -0.15) is 4.31 Å². The van der Waals surface area contributed by atoms with Crippen molar-refractivity contribution in [3.63, 3.8) is 0 Å². The van der Waals surface area contributed by atoms with Gasteiger partial charge in [-0.05, 0) is 43.0 Å². The van der Waals surface area contributed by atoms with E-state index in [1.807, 2.05) is 31.7 Å². The number of hydrogen-bond donors (Lipinski definition) is 1. The Labute approximate surface area is 264 Å². The molecular weight excluding hydrogens is 643 g/mol. The lowest BCUT2D eigenvalue weighted by Crippen LogP contribution is -2.48. The van der Waals surface area contributed by atoms with Gasteiger partial charge in [0, 0.05) is 43.9 Å². The first-order valence-electron chi connectivity index (χ1n) is 14.1. The van der Waals surface area contributed by atoms with Gasteiger partial charge in [-0.1, -0.05) is 20.8 Å². The highest BCUT2D eigenvalue weighted by atomic mass is 79.9. The van der Waals surface area contributed by atoms with Gasteiger partial charge in [-0.25, -0.2) is 12.8 Å². The summed E-state index contributed by atoms with van der Waals surface area (Å²) in [6.07, 6.45) is 1.20. The van der Waals surface area contributed by atoms with Crippen LogP contribution in [0.25, 0.3) is 0 Å². The van der Waals surface area contributed by atoms with Crippen molar-refractivity contribution in [1.29, 1.82) is 5.41 Å². The van der Waals surface area contributed by atoms with Crippen molar-refractivity contribution in [2.75, 3.05) is 64.2 Å². The number of benzene rings is 2. The van der Waals surface area contributed by atoms with E-state index in [1.54, 1.807) is 38.0 Å². The Morgan fingerprint density at radius 2 is 1.65 bits per heavy atom. The second-order valence-corrected chi connectivity index (χ2v) is 13.5. The molecule has 2 aromatic carbocycles. The molecule has 2 aliphatic rings. The first-order chi connectivity index (χ1) is 19.7. The number of halogens is 2. The number of methoxy groups -OCH3 is 1. The molecular formula is C30H42BrFN4O6S. The Morgan fingerprint density at radius 1 is 1.02 bits per heavy atom. The van der Waals surface area contributed by atoms with E-state index < -0.39 is 15.8 Å². The fourth-order valence-electron chi connectivity index (χ4n) is 5.46. The van der Waals surface area contributed by atoms with Crippen molar-refractivity contribution in [2.24, 2.45) is 0 Å². The number of ketones is 1. The minimum absolute atomic E-state index is 0. The number of carbonyl (C=O) groups excluding carboxylic acids is 1. The molecule has 4 rings (SSSR count). The number of hydrogen-bond acceptors (Lipinski definition) is 8. The number of nitrogens with one attached hydrogen (secondary N) is 1. The van der Waals surface area contributed by atoms with Crippen LogP contribution < -0.4 is 19.1 Å². The van der Waals surface area contributed by atoms with Crippen molar-refractivity contribution in [2.45, 2.75) is 46.6 Å². The van der Waals surface area contributed by atoms with Gasteiger partial charge in [0.25, 0.3) is 0 Å². The Kier molecular flexibility index (Phi) is 10.8. The molecule has 0 bridgehead atoms. The summed E-state index contributed by atoms with van der Waals surface area (Å²) in [7, 11) is -1.71. The Balaban J connectivity index is 0.00000506. The van der Waals surface area contributed by atoms with Gasteiger partial charge in [0.1, 0.15) is 11.6 Å². The van der Waals surface area contributed by atoms with Crippen LogP contribution in [0.4, 0.5) is 10.1 Å². The number of carbonyl (C=O) groups is 1. The molecule has 0 aromatic heterocycles. The van der Waals surface area contributed by atoms with Crippen LogP contribution in [0.5, 0.6) is 17.2 Å². The van der Waals surface area contributed by atoms with Crippen LogP contribution in [-0.2, 0) is 22.0 Å². The molecule has 13 heteroatoms. The maximum atomic E-state index is 15.5. The minimum atomic E-state index is -3.30. The SMILES string of the molecule is Br.CCOc1cc2c(c(F)c1OCC)C(=N)N(CC(=O)c1cc(N3CCN(S(C)(=O)=O)CC3)c(OC)c(C(C)(C)C)c1)C2. The summed E-state index contributed by atoms with van der Waals surface area (Å²) in [5.74, 6) is -0.0765. The zero-order valence-electron chi connectivity index (χ0n) is 25.9. The third-order valence-electron chi connectivity index (χ3n) is 7.56. The zero-order chi connectivity index (χ0) is 31.0. The second kappa shape index (κ2) is 13.4. The number of amidine groups is 1. The van der Waals surface area contributed by atoms with Gasteiger partial charge in [-0.3, -0.25) is 10.2 Å². The van der Waals surface area contributed by atoms with Crippen LogP contribution in [0.3, 0.4) is 0 Å². The summed E-state index contributed by atoms with van der Waals surface area (Å²) in [5.41, 5.74) is 2.31. The third-order valence-corrected chi connectivity index (χ3v) is 8.86. The highest BCUT2D eigenvalue weighted by Crippen LogP contribution is 2.42. The predicted octanol–water partition coefficient (Wildman–Crippen LogP) is 4.61. The normalized spacial score (nSPS) is 15.7. The summed E-state index contributed by atoms with van der Waals surface area (Å²) in [5, 5.41) is 8.72. The molecule has 238 valence electrons. The van der Waals surface area contributed by atoms with E-state index in [9.17, 15) is 13.2 Å².